The lowest BCUT2D eigenvalue weighted by molar-refractivity contribution is 0.0150. The van der Waals surface area contributed by atoms with E-state index < -0.39 is 18.2 Å². The number of hydrogen-bond acceptors (Lipinski definition) is 2. The summed E-state index contributed by atoms with van der Waals surface area (Å²) in [7, 11) is 0. The van der Waals surface area contributed by atoms with E-state index in [0.29, 0.717) is 16.8 Å². The van der Waals surface area contributed by atoms with E-state index >= 15 is 0 Å². The van der Waals surface area contributed by atoms with Gasteiger partial charge in [-0.1, -0.05) is 48.8 Å². The molecular weight excluding hydrogens is 344 g/mol. The first kappa shape index (κ1) is 16.2. The Balaban J connectivity index is 2.26. The van der Waals surface area contributed by atoms with E-state index in [0.717, 1.165) is 12.8 Å². The quantitative estimate of drug-likeness (QED) is 0.570. The highest BCUT2D eigenvalue weighted by Crippen LogP contribution is 2.34. The van der Waals surface area contributed by atoms with Gasteiger partial charge in [0, 0.05) is 3.92 Å². The molecule has 0 bridgehead atoms. The van der Waals surface area contributed by atoms with Crippen LogP contribution in [0.3, 0.4) is 0 Å². The molecule has 1 rings (SSSR count). The molecule has 4 heteroatoms. The van der Waals surface area contributed by atoms with Crippen molar-refractivity contribution in [1.82, 2.24) is 0 Å². The Labute approximate surface area is 123 Å². The van der Waals surface area contributed by atoms with Crippen molar-refractivity contribution < 1.29 is 9.50 Å². The molecule has 1 N–H and O–H groups in total. The zero-order valence-corrected chi connectivity index (χ0v) is 13.1. The van der Waals surface area contributed by atoms with Gasteiger partial charge in [-0.3, -0.25) is 0 Å². The summed E-state index contributed by atoms with van der Waals surface area (Å²) in [5.41, 5.74) is 0. The smallest absolute Gasteiger partial charge is 0.119 e. The van der Waals surface area contributed by atoms with Crippen molar-refractivity contribution in [2.24, 2.45) is 11.8 Å². The maximum atomic E-state index is 13.7. The minimum absolute atomic E-state index is 0.254. The van der Waals surface area contributed by atoms with Crippen LogP contribution in [0.25, 0.3) is 0 Å². The minimum atomic E-state index is -1.14. The summed E-state index contributed by atoms with van der Waals surface area (Å²) < 4.78 is 14.4. The third kappa shape index (κ3) is 5.00. The summed E-state index contributed by atoms with van der Waals surface area (Å²) in [5, 5.41) is 18.5. The van der Waals surface area contributed by atoms with E-state index in [1.807, 2.05) is 6.07 Å². The van der Waals surface area contributed by atoms with Gasteiger partial charge in [-0.2, -0.15) is 5.26 Å². The molecule has 2 nitrogen and oxygen atoms in total. The second-order valence-electron chi connectivity index (χ2n) is 5.39. The number of aliphatic hydroxyl groups is 1. The molecule has 0 radical (unpaired) electrons. The van der Waals surface area contributed by atoms with Crippen LogP contribution < -0.4 is 0 Å². The molecule has 1 fully saturated rings. The fourth-order valence-corrected chi connectivity index (χ4v) is 3.84. The molecule has 0 spiro atoms. The van der Waals surface area contributed by atoms with Gasteiger partial charge >= 0.3 is 0 Å². The number of rotatable bonds is 6. The molecule has 18 heavy (non-hydrogen) atoms. The van der Waals surface area contributed by atoms with Crippen LogP contribution in [0.5, 0.6) is 0 Å². The second-order valence-corrected chi connectivity index (χ2v) is 7.15. The lowest BCUT2D eigenvalue weighted by atomic mass is 9.77. The Morgan fingerprint density at radius 2 is 2.17 bits per heavy atom. The fraction of sp³-hybridized carbons (Fsp3) is 0.929. The van der Waals surface area contributed by atoms with Gasteiger partial charge in [0.05, 0.1) is 12.2 Å². The van der Waals surface area contributed by atoms with Crippen LogP contribution in [0, 0.1) is 23.2 Å². The van der Waals surface area contributed by atoms with Crippen molar-refractivity contribution in [3.05, 3.63) is 0 Å². The van der Waals surface area contributed by atoms with Crippen molar-refractivity contribution >= 4 is 22.6 Å². The Hall–Kier alpha value is 0.110. The number of nitrogens with zero attached hydrogens (tertiary/aromatic N) is 1. The van der Waals surface area contributed by atoms with E-state index in [1.165, 1.54) is 19.3 Å². The lowest BCUT2D eigenvalue weighted by Crippen LogP contribution is -2.36. The van der Waals surface area contributed by atoms with Crippen molar-refractivity contribution in [2.75, 3.05) is 0 Å². The van der Waals surface area contributed by atoms with Gasteiger partial charge in [0.15, 0.2) is 0 Å². The molecule has 5 atom stereocenters. The second kappa shape index (κ2) is 8.31. The summed E-state index contributed by atoms with van der Waals surface area (Å²) in [4.78, 5) is 0. The highest BCUT2D eigenvalue weighted by Gasteiger charge is 2.36. The predicted octanol–water partition coefficient (Wildman–Crippen LogP) is 4.01. The van der Waals surface area contributed by atoms with E-state index in [4.69, 9.17) is 5.26 Å². The predicted molar refractivity (Wildman–Crippen MR) is 79.3 cm³/mol. The molecule has 0 aromatic carbocycles. The first-order chi connectivity index (χ1) is 8.58. The number of alkyl halides is 2. The fourth-order valence-electron chi connectivity index (χ4n) is 2.78. The van der Waals surface area contributed by atoms with Crippen molar-refractivity contribution in [2.45, 2.75) is 68.1 Å². The summed E-state index contributed by atoms with van der Waals surface area (Å²) in [6.45, 7) is 2.19. The molecule has 0 aromatic rings. The van der Waals surface area contributed by atoms with Crippen LogP contribution in [0.1, 0.15) is 51.9 Å². The van der Waals surface area contributed by atoms with E-state index in [1.54, 1.807) is 0 Å². The Morgan fingerprint density at radius 1 is 1.44 bits per heavy atom. The van der Waals surface area contributed by atoms with Crippen molar-refractivity contribution in [3.63, 3.8) is 0 Å². The topological polar surface area (TPSA) is 44.0 Å². The molecule has 0 aliphatic heterocycles. The van der Waals surface area contributed by atoms with E-state index in [2.05, 4.69) is 29.5 Å². The number of halogens is 2. The maximum absolute atomic E-state index is 13.7. The molecule has 0 saturated heterocycles. The van der Waals surface area contributed by atoms with Crippen molar-refractivity contribution in [1.29, 1.82) is 5.26 Å². The molecule has 0 amide bonds. The lowest BCUT2D eigenvalue weighted by Gasteiger charge is -2.32. The highest BCUT2D eigenvalue weighted by atomic mass is 127. The van der Waals surface area contributed by atoms with Gasteiger partial charge in [0.25, 0.3) is 0 Å². The maximum Gasteiger partial charge on any atom is 0.119 e. The first-order valence-corrected chi connectivity index (χ1v) is 8.18. The van der Waals surface area contributed by atoms with Gasteiger partial charge in [-0.25, -0.2) is 4.39 Å². The van der Waals surface area contributed by atoms with E-state index in [9.17, 15) is 9.50 Å². The van der Waals surface area contributed by atoms with Gasteiger partial charge in [-0.15, -0.1) is 0 Å². The molecular formula is C14H23FINO. The standard InChI is InChI=1S/C14H23FINO/c1-2-4-11(16)6-3-5-10-7-13(15)12(9-17)14(18)8-10/h10-14,18H,2-8H2,1H3. The number of nitriles is 1. The Kier molecular flexibility index (Phi) is 7.47. The molecule has 1 aliphatic rings. The van der Waals surface area contributed by atoms with Crippen LogP contribution in [0.2, 0.25) is 0 Å². The van der Waals surface area contributed by atoms with Crippen LogP contribution in [0.4, 0.5) is 4.39 Å². The largest absolute Gasteiger partial charge is 0.392 e. The Morgan fingerprint density at radius 3 is 2.72 bits per heavy atom. The summed E-state index contributed by atoms with van der Waals surface area (Å²) >= 11 is 2.49. The normalized spacial score (nSPS) is 33.9. The van der Waals surface area contributed by atoms with Gasteiger partial charge in [0.2, 0.25) is 0 Å². The Bertz CT molecular complexity index is 269. The van der Waals surface area contributed by atoms with Crippen LogP contribution in [-0.2, 0) is 0 Å². The average molecular weight is 367 g/mol. The van der Waals surface area contributed by atoms with Gasteiger partial charge in [0.1, 0.15) is 12.1 Å². The summed E-state index contributed by atoms with van der Waals surface area (Å²) in [6.07, 6.45) is 4.87. The molecule has 1 aliphatic carbocycles. The average Bonchev–Trinajstić information content (AvgIpc) is 2.29. The third-order valence-electron chi connectivity index (χ3n) is 3.82. The monoisotopic (exact) mass is 367 g/mol. The molecule has 5 unspecified atom stereocenters. The van der Waals surface area contributed by atoms with Crippen LogP contribution in [-0.4, -0.2) is 21.3 Å². The molecule has 0 heterocycles. The molecule has 0 aromatic heterocycles. The zero-order valence-electron chi connectivity index (χ0n) is 11.0. The number of hydrogen-bond donors (Lipinski definition) is 1. The van der Waals surface area contributed by atoms with Gasteiger partial charge in [-0.05, 0) is 31.6 Å². The van der Waals surface area contributed by atoms with Crippen molar-refractivity contribution in [3.8, 4) is 6.07 Å². The van der Waals surface area contributed by atoms with Gasteiger partial charge < -0.3 is 5.11 Å². The molecule has 104 valence electrons. The highest BCUT2D eigenvalue weighted by molar-refractivity contribution is 14.1. The number of aliphatic hydroxyl groups excluding tert-OH is 1. The summed E-state index contributed by atoms with van der Waals surface area (Å²) in [6, 6.07) is 1.89. The van der Waals surface area contributed by atoms with Crippen LogP contribution in [0.15, 0.2) is 0 Å². The van der Waals surface area contributed by atoms with Crippen LogP contribution >= 0.6 is 22.6 Å². The minimum Gasteiger partial charge on any atom is -0.392 e. The summed E-state index contributed by atoms with van der Waals surface area (Å²) in [5.74, 6) is -0.552. The zero-order chi connectivity index (χ0) is 13.5. The first-order valence-electron chi connectivity index (χ1n) is 6.94. The SMILES string of the molecule is CCCC(I)CCCC1CC(O)C(C#N)C(F)C1. The molecule has 1 saturated carbocycles. The van der Waals surface area contributed by atoms with E-state index in [-0.39, 0.29) is 5.92 Å². The third-order valence-corrected chi connectivity index (χ3v) is 5.06.